The van der Waals surface area contributed by atoms with Crippen molar-refractivity contribution in [2.75, 3.05) is 5.32 Å². The van der Waals surface area contributed by atoms with Crippen molar-refractivity contribution >= 4 is 17.4 Å². The second-order valence-electron chi connectivity index (χ2n) is 5.86. The van der Waals surface area contributed by atoms with Crippen molar-refractivity contribution in [3.63, 3.8) is 0 Å². The molecule has 0 radical (unpaired) electrons. The van der Waals surface area contributed by atoms with Gasteiger partial charge >= 0.3 is 0 Å². The summed E-state index contributed by atoms with van der Waals surface area (Å²) in [6.07, 6.45) is 0.878. The molecule has 0 saturated carbocycles. The zero-order valence-electron chi connectivity index (χ0n) is 14.4. The Labute approximate surface area is 137 Å². The SMILES string of the molecule is CCC(C)NC(=O)c1cc(Nc2c(C)cccc2C)nc(C)n1. The van der Waals surface area contributed by atoms with Crippen molar-refractivity contribution in [1.82, 2.24) is 15.3 Å². The summed E-state index contributed by atoms with van der Waals surface area (Å²) in [5.74, 6) is 1.02. The van der Waals surface area contributed by atoms with Gasteiger partial charge in [-0.15, -0.1) is 0 Å². The highest BCUT2D eigenvalue weighted by atomic mass is 16.1. The highest BCUT2D eigenvalue weighted by Gasteiger charge is 2.13. The number of aryl methyl sites for hydroxylation is 3. The third kappa shape index (κ3) is 4.28. The zero-order chi connectivity index (χ0) is 17.0. The summed E-state index contributed by atoms with van der Waals surface area (Å²) in [5, 5.41) is 6.24. The van der Waals surface area contributed by atoms with Gasteiger partial charge in [0.1, 0.15) is 17.3 Å². The van der Waals surface area contributed by atoms with E-state index in [-0.39, 0.29) is 11.9 Å². The summed E-state index contributed by atoms with van der Waals surface area (Å²) < 4.78 is 0. The summed E-state index contributed by atoms with van der Waals surface area (Å²) in [4.78, 5) is 20.9. The number of benzene rings is 1. The topological polar surface area (TPSA) is 66.9 Å². The van der Waals surface area contributed by atoms with Gasteiger partial charge in [-0.05, 0) is 45.2 Å². The Morgan fingerprint density at radius 3 is 2.43 bits per heavy atom. The second-order valence-corrected chi connectivity index (χ2v) is 5.86. The lowest BCUT2D eigenvalue weighted by Crippen LogP contribution is -2.32. The fourth-order valence-electron chi connectivity index (χ4n) is 2.29. The summed E-state index contributed by atoms with van der Waals surface area (Å²) >= 11 is 0. The van der Waals surface area contributed by atoms with Crippen LogP contribution in [0.3, 0.4) is 0 Å². The van der Waals surface area contributed by atoms with Crippen LogP contribution < -0.4 is 10.6 Å². The Balaban J connectivity index is 2.29. The molecule has 2 N–H and O–H groups in total. The third-order valence-corrected chi connectivity index (χ3v) is 3.79. The van der Waals surface area contributed by atoms with E-state index in [0.717, 1.165) is 23.2 Å². The maximum absolute atomic E-state index is 12.3. The van der Waals surface area contributed by atoms with Crippen molar-refractivity contribution in [3.05, 3.63) is 46.9 Å². The standard InChI is InChI=1S/C18H24N4O/c1-6-13(4)19-18(23)15-10-16(21-14(5)20-15)22-17-11(2)8-7-9-12(17)3/h7-10,13H,6H2,1-5H3,(H,19,23)(H,20,21,22). The largest absolute Gasteiger partial charge is 0.348 e. The Morgan fingerprint density at radius 2 is 1.83 bits per heavy atom. The second kappa shape index (κ2) is 7.22. The lowest BCUT2D eigenvalue weighted by atomic mass is 10.1. The molecule has 1 amide bonds. The van der Waals surface area contributed by atoms with E-state index in [1.807, 2.05) is 45.9 Å². The Hall–Kier alpha value is -2.43. The first kappa shape index (κ1) is 16.9. The minimum absolute atomic E-state index is 0.118. The summed E-state index contributed by atoms with van der Waals surface area (Å²) in [5.41, 5.74) is 3.66. The first-order valence-electron chi connectivity index (χ1n) is 7.90. The normalized spacial score (nSPS) is 11.9. The van der Waals surface area contributed by atoms with E-state index in [2.05, 4.69) is 20.6 Å². The molecule has 122 valence electrons. The number of amides is 1. The van der Waals surface area contributed by atoms with E-state index < -0.39 is 0 Å². The predicted octanol–water partition coefficient (Wildman–Crippen LogP) is 3.67. The fourth-order valence-corrected chi connectivity index (χ4v) is 2.29. The summed E-state index contributed by atoms with van der Waals surface area (Å²) in [6, 6.07) is 7.91. The van der Waals surface area contributed by atoms with Gasteiger partial charge in [-0.1, -0.05) is 25.1 Å². The molecule has 1 unspecified atom stereocenters. The quantitative estimate of drug-likeness (QED) is 0.884. The third-order valence-electron chi connectivity index (χ3n) is 3.79. The molecule has 0 spiro atoms. The average molecular weight is 312 g/mol. The summed E-state index contributed by atoms with van der Waals surface area (Å²) in [7, 11) is 0. The van der Waals surface area contributed by atoms with Crippen LogP contribution >= 0.6 is 0 Å². The summed E-state index contributed by atoms with van der Waals surface area (Å²) in [6.45, 7) is 9.88. The molecule has 0 aliphatic heterocycles. The van der Waals surface area contributed by atoms with E-state index >= 15 is 0 Å². The van der Waals surface area contributed by atoms with Crippen LogP contribution in [0.25, 0.3) is 0 Å². The van der Waals surface area contributed by atoms with Crippen molar-refractivity contribution in [2.45, 2.75) is 47.1 Å². The van der Waals surface area contributed by atoms with Crippen LogP contribution in [0.15, 0.2) is 24.3 Å². The van der Waals surface area contributed by atoms with Gasteiger partial charge in [0.25, 0.3) is 5.91 Å². The molecule has 0 fully saturated rings. The number of carbonyl (C=O) groups is 1. The highest BCUT2D eigenvalue weighted by Crippen LogP contribution is 2.23. The van der Waals surface area contributed by atoms with Crippen LogP contribution in [0.4, 0.5) is 11.5 Å². The van der Waals surface area contributed by atoms with Gasteiger partial charge in [0.05, 0.1) is 0 Å². The molecule has 23 heavy (non-hydrogen) atoms. The predicted molar refractivity (Wildman–Crippen MR) is 93.2 cm³/mol. The molecule has 1 aromatic carbocycles. The molecule has 0 aliphatic rings. The van der Waals surface area contributed by atoms with E-state index in [4.69, 9.17) is 0 Å². The van der Waals surface area contributed by atoms with Gasteiger partial charge in [-0.2, -0.15) is 0 Å². The number of carbonyl (C=O) groups excluding carboxylic acids is 1. The first-order chi connectivity index (χ1) is 10.9. The number of anilines is 2. The fraction of sp³-hybridized carbons (Fsp3) is 0.389. The molecule has 0 bridgehead atoms. The van der Waals surface area contributed by atoms with Crippen LogP contribution in [0, 0.1) is 20.8 Å². The Kier molecular flexibility index (Phi) is 5.32. The van der Waals surface area contributed by atoms with Gasteiger partial charge in [0, 0.05) is 17.8 Å². The van der Waals surface area contributed by atoms with E-state index in [1.54, 1.807) is 13.0 Å². The molecule has 5 nitrogen and oxygen atoms in total. The van der Waals surface area contributed by atoms with Crippen molar-refractivity contribution < 1.29 is 4.79 Å². The number of nitrogens with one attached hydrogen (secondary N) is 2. The molecule has 5 heteroatoms. The molecule has 2 aromatic rings. The molecule has 1 atom stereocenters. The Bertz CT molecular complexity index is 692. The molecular formula is C18H24N4O. The van der Waals surface area contributed by atoms with E-state index in [0.29, 0.717) is 17.3 Å². The van der Waals surface area contributed by atoms with Crippen LogP contribution in [0.5, 0.6) is 0 Å². The van der Waals surface area contributed by atoms with Gasteiger partial charge in [0.2, 0.25) is 0 Å². The Morgan fingerprint density at radius 1 is 1.17 bits per heavy atom. The van der Waals surface area contributed by atoms with Gasteiger partial charge in [0.15, 0.2) is 0 Å². The van der Waals surface area contributed by atoms with Crippen LogP contribution in [0.1, 0.15) is 47.7 Å². The number of para-hydroxylation sites is 1. The van der Waals surface area contributed by atoms with Crippen molar-refractivity contribution in [2.24, 2.45) is 0 Å². The van der Waals surface area contributed by atoms with Crippen LogP contribution in [-0.4, -0.2) is 21.9 Å². The highest BCUT2D eigenvalue weighted by molar-refractivity contribution is 5.93. The molecule has 0 aliphatic carbocycles. The number of nitrogens with zero attached hydrogens (tertiary/aromatic N) is 2. The lowest BCUT2D eigenvalue weighted by Gasteiger charge is -2.14. The van der Waals surface area contributed by atoms with Crippen LogP contribution in [0.2, 0.25) is 0 Å². The minimum atomic E-state index is -0.172. The maximum atomic E-state index is 12.3. The van der Waals surface area contributed by atoms with Gasteiger partial charge in [-0.3, -0.25) is 4.79 Å². The van der Waals surface area contributed by atoms with E-state index in [1.165, 1.54) is 0 Å². The number of hydrogen-bond donors (Lipinski definition) is 2. The van der Waals surface area contributed by atoms with Crippen LogP contribution in [-0.2, 0) is 0 Å². The lowest BCUT2D eigenvalue weighted by molar-refractivity contribution is 0.0934. The van der Waals surface area contributed by atoms with Crippen molar-refractivity contribution in [3.8, 4) is 0 Å². The molecule has 1 heterocycles. The van der Waals surface area contributed by atoms with Gasteiger partial charge in [-0.25, -0.2) is 9.97 Å². The number of hydrogen-bond acceptors (Lipinski definition) is 4. The number of rotatable bonds is 5. The smallest absolute Gasteiger partial charge is 0.270 e. The van der Waals surface area contributed by atoms with Crippen molar-refractivity contribution in [1.29, 1.82) is 0 Å². The van der Waals surface area contributed by atoms with E-state index in [9.17, 15) is 4.79 Å². The molecule has 2 rings (SSSR count). The molecule has 1 aromatic heterocycles. The maximum Gasteiger partial charge on any atom is 0.270 e. The average Bonchev–Trinajstić information content (AvgIpc) is 2.50. The minimum Gasteiger partial charge on any atom is -0.348 e. The molecule has 0 saturated heterocycles. The van der Waals surface area contributed by atoms with Gasteiger partial charge < -0.3 is 10.6 Å². The number of aromatic nitrogens is 2. The molecular weight excluding hydrogens is 288 g/mol. The first-order valence-corrected chi connectivity index (χ1v) is 7.90. The zero-order valence-corrected chi connectivity index (χ0v) is 14.4. The monoisotopic (exact) mass is 312 g/mol.